The van der Waals surface area contributed by atoms with Crippen LogP contribution in [0.2, 0.25) is 0 Å². The van der Waals surface area contributed by atoms with Gasteiger partial charge in [0, 0.05) is 46.0 Å². The minimum absolute atomic E-state index is 0.0629. The van der Waals surface area contributed by atoms with Crippen molar-refractivity contribution >= 4 is 15.9 Å². The molecule has 0 spiro atoms. The van der Waals surface area contributed by atoms with Gasteiger partial charge in [0.05, 0.1) is 6.61 Å². The molecule has 0 bridgehead atoms. The number of aromatic nitrogens is 1. The molecule has 2 rings (SSSR count). The second kappa shape index (κ2) is 6.14. The lowest BCUT2D eigenvalue weighted by atomic mass is 10.4. The van der Waals surface area contributed by atoms with Gasteiger partial charge < -0.3 is 15.4 Å². The molecule has 21 heavy (non-hydrogen) atoms. The molecule has 2 heterocycles. The Morgan fingerprint density at radius 1 is 1.33 bits per heavy atom. The predicted octanol–water partition coefficient (Wildman–Crippen LogP) is -1.58. The van der Waals surface area contributed by atoms with Crippen molar-refractivity contribution in [2.24, 2.45) is 12.8 Å². The number of hydrogen-bond acceptors (Lipinski definition) is 5. The molecule has 1 aromatic heterocycles. The van der Waals surface area contributed by atoms with Crippen molar-refractivity contribution in [1.82, 2.24) is 13.8 Å². The zero-order valence-corrected chi connectivity index (χ0v) is 12.7. The number of aryl methyl sites for hydroxylation is 1. The van der Waals surface area contributed by atoms with E-state index in [1.807, 2.05) is 4.90 Å². The van der Waals surface area contributed by atoms with Crippen LogP contribution in [0.25, 0.3) is 0 Å². The number of rotatable bonds is 5. The number of carbonyl (C=O) groups excluding carboxylic acids is 1. The smallest absolute Gasteiger partial charge is 0.265 e. The van der Waals surface area contributed by atoms with Gasteiger partial charge in [0.1, 0.15) is 10.6 Å². The molecule has 0 unspecified atom stereocenters. The van der Waals surface area contributed by atoms with Crippen LogP contribution in [-0.2, 0) is 17.1 Å². The Kier molecular flexibility index (Phi) is 4.67. The first kappa shape index (κ1) is 16.0. The molecular weight excluding hydrogens is 296 g/mol. The summed E-state index contributed by atoms with van der Waals surface area (Å²) in [4.78, 5) is 13.3. The molecule has 3 N–H and O–H groups in total. The fraction of sp³-hybridized carbons (Fsp3) is 0.583. The van der Waals surface area contributed by atoms with Crippen LogP contribution >= 0.6 is 0 Å². The average molecular weight is 316 g/mol. The van der Waals surface area contributed by atoms with Gasteiger partial charge in [0.2, 0.25) is 10.0 Å². The molecule has 0 atom stereocenters. The molecule has 0 aliphatic carbocycles. The molecule has 1 aromatic rings. The normalized spacial score (nSPS) is 18.0. The van der Waals surface area contributed by atoms with Crippen LogP contribution in [0.15, 0.2) is 17.2 Å². The number of aliphatic hydroxyl groups excluding tert-OH is 1. The summed E-state index contributed by atoms with van der Waals surface area (Å²) in [6.45, 7) is 2.50. The van der Waals surface area contributed by atoms with E-state index < -0.39 is 15.9 Å². The molecule has 0 saturated carbocycles. The standard InChI is InChI=1S/C12H20N4O4S/c1-14-9-10(8-11(14)12(13)18)21(19,20)16-4-2-15(3-5-16)6-7-17/h8-9,17H,2-7H2,1H3,(H2,13,18). The summed E-state index contributed by atoms with van der Waals surface area (Å²) in [7, 11) is -2.04. The quantitative estimate of drug-likeness (QED) is 0.682. The van der Waals surface area contributed by atoms with Crippen molar-refractivity contribution in [1.29, 1.82) is 0 Å². The fourth-order valence-corrected chi connectivity index (χ4v) is 3.90. The van der Waals surface area contributed by atoms with Crippen LogP contribution in [0.1, 0.15) is 10.5 Å². The second-order valence-electron chi connectivity index (χ2n) is 5.01. The van der Waals surface area contributed by atoms with Crippen molar-refractivity contribution < 1.29 is 18.3 Å². The van der Waals surface area contributed by atoms with E-state index in [1.54, 1.807) is 7.05 Å². The maximum atomic E-state index is 12.5. The number of sulfonamides is 1. The summed E-state index contributed by atoms with van der Waals surface area (Å²) in [5, 5.41) is 8.89. The van der Waals surface area contributed by atoms with Crippen molar-refractivity contribution in [3.05, 3.63) is 18.0 Å². The third-order valence-corrected chi connectivity index (χ3v) is 5.48. The maximum absolute atomic E-state index is 12.5. The lowest BCUT2D eigenvalue weighted by Crippen LogP contribution is -2.49. The molecule has 1 saturated heterocycles. The lowest BCUT2D eigenvalue weighted by molar-refractivity contribution is 0.0992. The SMILES string of the molecule is Cn1cc(S(=O)(=O)N2CCN(CCO)CC2)cc1C(N)=O. The Morgan fingerprint density at radius 3 is 2.43 bits per heavy atom. The Bertz CT molecular complexity index is 617. The number of hydrogen-bond donors (Lipinski definition) is 2. The second-order valence-corrected chi connectivity index (χ2v) is 6.94. The van der Waals surface area contributed by atoms with Crippen molar-refractivity contribution in [2.45, 2.75) is 4.90 Å². The number of β-amino-alcohol motifs (C(OH)–C–C–N with tert-alkyl or cyclic N) is 1. The molecule has 0 aromatic carbocycles. The molecule has 1 amide bonds. The van der Waals surface area contributed by atoms with E-state index >= 15 is 0 Å². The number of nitrogens with zero attached hydrogens (tertiary/aromatic N) is 3. The number of carbonyl (C=O) groups is 1. The van der Waals surface area contributed by atoms with Crippen molar-refractivity contribution in [3.8, 4) is 0 Å². The van der Waals surface area contributed by atoms with Gasteiger partial charge in [0.25, 0.3) is 5.91 Å². The van der Waals surface area contributed by atoms with Crippen LogP contribution in [0.5, 0.6) is 0 Å². The highest BCUT2D eigenvalue weighted by atomic mass is 32.2. The van der Waals surface area contributed by atoms with Gasteiger partial charge in [-0.1, -0.05) is 0 Å². The topological polar surface area (TPSA) is 109 Å². The highest BCUT2D eigenvalue weighted by Gasteiger charge is 2.30. The van der Waals surface area contributed by atoms with Gasteiger partial charge in [-0.15, -0.1) is 0 Å². The summed E-state index contributed by atoms with van der Waals surface area (Å²) < 4.78 is 27.9. The minimum Gasteiger partial charge on any atom is -0.395 e. The summed E-state index contributed by atoms with van der Waals surface area (Å²) in [6.07, 6.45) is 1.40. The van der Waals surface area contributed by atoms with Gasteiger partial charge >= 0.3 is 0 Å². The molecule has 118 valence electrons. The number of primary amides is 1. The zero-order valence-electron chi connectivity index (χ0n) is 11.9. The van der Waals surface area contributed by atoms with E-state index in [0.717, 1.165) is 0 Å². The molecule has 9 heteroatoms. The van der Waals surface area contributed by atoms with E-state index in [2.05, 4.69) is 0 Å². The first-order valence-corrected chi connectivity index (χ1v) is 8.10. The summed E-state index contributed by atoms with van der Waals surface area (Å²) >= 11 is 0. The number of nitrogens with two attached hydrogens (primary N) is 1. The monoisotopic (exact) mass is 316 g/mol. The molecule has 1 aliphatic rings. The van der Waals surface area contributed by atoms with E-state index in [0.29, 0.717) is 32.7 Å². The van der Waals surface area contributed by atoms with Crippen LogP contribution < -0.4 is 5.73 Å². The van der Waals surface area contributed by atoms with Crippen molar-refractivity contribution in [2.75, 3.05) is 39.3 Å². The van der Waals surface area contributed by atoms with Gasteiger partial charge in [0.15, 0.2) is 0 Å². The van der Waals surface area contributed by atoms with Crippen LogP contribution in [0.3, 0.4) is 0 Å². The van der Waals surface area contributed by atoms with Gasteiger partial charge in [-0.2, -0.15) is 4.31 Å². The third kappa shape index (κ3) is 3.26. The van der Waals surface area contributed by atoms with Crippen LogP contribution in [0.4, 0.5) is 0 Å². The number of amides is 1. The van der Waals surface area contributed by atoms with Crippen LogP contribution in [-0.4, -0.2) is 72.5 Å². The van der Waals surface area contributed by atoms with E-state index in [1.165, 1.54) is 21.1 Å². The Labute approximate surface area is 123 Å². The van der Waals surface area contributed by atoms with Gasteiger partial charge in [-0.3, -0.25) is 9.69 Å². The highest BCUT2D eigenvalue weighted by molar-refractivity contribution is 7.89. The molecule has 0 radical (unpaired) electrons. The fourth-order valence-electron chi connectivity index (χ4n) is 2.40. The molecular formula is C12H20N4O4S. The zero-order chi connectivity index (χ0) is 15.6. The first-order valence-electron chi connectivity index (χ1n) is 6.66. The lowest BCUT2D eigenvalue weighted by Gasteiger charge is -2.33. The Balaban J connectivity index is 2.16. The highest BCUT2D eigenvalue weighted by Crippen LogP contribution is 2.19. The van der Waals surface area contributed by atoms with E-state index in [-0.39, 0.29) is 17.2 Å². The summed E-state index contributed by atoms with van der Waals surface area (Å²) in [5.74, 6) is -0.660. The Hall–Kier alpha value is -1.42. The van der Waals surface area contributed by atoms with Gasteiger partial charge in [-0.05, 0) is 6.07 Å². The van der Waals surface area contributed by atoms with E-state index in [9.17, 15) is 13.2 Å². The van der Waals surface area contributed by atoms with Gasteiger partial charge in [-0.25, -0.2) is 8.42 Å². The first-order chi connectivity index (χ1) is 9.86. The molecule has 8 nitrogen and oxygen atoms in total. The maximum Gasteiger partial charge on any atom is 0.265 e. The van der Waals surface area contributed by atoms with Crippen molar-refractivity contribution in [3.63, 3.8) is 0 Å². The summed E-state index contributed by atoms with van der Waals surface area (Å²) in [5.41, 5.74) is 5.36. The summed E-state index contributed by atoms with van der Waals surface area (Å²) in [6, 6.07) is 1.30. The number of aliphatic hydroxyl groups is 1. The third-order valence-electron chi connectivity index (χ3n) is 3.62. The van der Waals surface area contributed by atoms with Crippen LogP contribution in [0, 0.1) is 0 Å². The predicted molar refractivity (Wildman–Crippen MR) is 76.2 cm³/mol. The van der Waals surface area contributed by atoms with E-state index in [4.69, 9.17) is 10.8 Å². The largest absolute Gasteiger partial charge is 0.395 e. The average Bonchev–Trinajstić information content (AvgIpc) is 2.83. The minimum atomic E-state index is -3.62. The molecule has 1 aliphatic heterocycles. The number of piperazine rings is 1. The Morgan fingerprint density at radius 2 is 1.95 bits per heavy atom. The molecule has 1 fully saturated rings.